The molecule has 1 spiro atoms. The van der Waals surface area contributed by atoms with Crippen molar-refractivity contribution in [2.75, 3.05) is 6.61 Å². The van der Waals surface area contributed by atoms with Gasteiger partial charge in [-0.15, -0.1) is 0 Å². The zero-order valence-corrected chi connectivity index (χ0v) is 14.1. The summed E-state index contributed by atoms with van der Waals surface area (Å²) >= 11 is 0. The number of ether oxygens (including phenoxy) is 1. The average molecular weight is 345 g/mol. The summed E-state index contributed by atoms with van der Waals surface area (Å²) in [6.45, 7) is 0.00461. The SMILES string of the molecule is O=C(O)CCc1ccc(C(=O)NC23CC(CO)(C2)OC32CCC2)cc1. The van der Waals surface area contributed by atoms with Gasteiger partial charge in [-0.3, -0.25) is 9.59 Å². The van der Waals surface area contributed by atoms with Gasteiger partial charge in [0, 0.05) is 24.8 Å². The lowest BCUT2D eigenvalue weighted by atomic mass is 9.56. The quantitative estimate of drug-likeness (QED) is 0.729. The van der Waals surface area contributed by atoms with Gasteiger partial charge < -0.3 is 20.3 Å². The monoisotopic (exact) mass is 345 g/mol. The predicted octanol–water partition coefficient (Wildman–Crippen LogP) is 1.65. The number of aliphatic carboxylic acids is 1. The van der Waals surface area contributed by atoms with E-state index in [4.69, 9.17) is 9.84 Å². The molecular weight excluding hydrogens is 322 g/mol. The third-order valence-corrected chi connectivity index (χ3v) is 6.18. The van der Waals surface area contributed by atoms with E-state index in [2.05, 4.69) is 5.32 Å². The van der Waals surface area contributed by atoms with Gasteiger partial charge in [0.25, 0.3) is 5.91 Å². The number of carboxylic acid groups (broad SMARTS) is 1. The highest BCUT2D eigenvalue weighted by molar-refractivity contribution is 5.95. The number of amides is 1. The van der Waals surface area contributed by atoms with Gasteiger partial charge in [-0.2, -0.15) is 0 Å². The highest BCUT2D eigenvalue weighted by Gasteiger charge is 2.76. The van der Waals surface area contributed by atoms with Crippen molar-refractivity contribution < 1.29 is 24.5 Å². The van der Waals surface area contributed by atoms with E-state index in [0.717, 1.165) is 24.8 Å². The standard InChI is InChI=1S/C19H23NO5/c21-12-17-10-18(11-17,19(25-17)8-1-9-19)20-16(24)14-5-2-13(3-6-14)4-7-15(22)23/h2-3,5-6,21H,1,4,7-12H2,(H,20,24)(H,22,23). The van der Waals surface area contributed by atoms with Crippen LogP contribution >= 0.6 is 0 Å². The third kappa shape index (κ3) is 2.47. The van der Waals surface area contributed by atoms with Gasteiger partial charge >= 0.3 is 5.97 Å². The summed E-state index contributed by atoms with van der Waals surface area (Å²) in [6, 6.07) is 7.09. The van der Waals surface area contributed by atoms with Crippen LogP contribution in [0.3, 0.4) is 0 Å². The lowest BCUT2D eigenvalue weighted by molar-refractivity contribution is -0.136. The van der Waals surface area contributed by atoms with E-state index < -0.39 is 11.6 Å². The lowest BCUT2D eigenvalue weighted by Gasteiger charge is -2.51. The van der Waals surface area contributed by atoms with E-state index in [-0.39, 0.29) is 30.1 Å². The lowest BCUT2D eigenvalue weighted by Crippen LogP contribution is -2.68. The Morgan fingerprint density at radius 3 is 2.36 bits per heavy atom. The molecule has 2 heterocycles. The number of aryl methyl sites for hydroxylation is 1. The van der Waals surface area contributed by atoms with E-state index in [0.29, 0.717) is 24.8 Å². The van der Waals surface area contributed by atoms with Gasteiger partial charge in [0.1, 0.15) is 0 Å². The molecule has 6 heteroatoms. The summed E-state index contributed by atoms with van der Waals surface area (Å²) in [6.07, 6.45) is 4.86. The van der Waals surface area contributed by atoms with Crippen molar-refractivity contribution in [2.24, 2.45) is 0 Å². The fraction of sp³-hybridized carbons (Fsp3) is 0.579. The molecule has 1 aromatic rings. The van der Waals surface area contributed by atoms with Crippen LogP contribution in [0.5, 0.6) is 0 Å². The molecule has 2 saturated heterocycles. The third-order valence-electron chi connectivity index (χ3n) is 6.18. The zero-order valence-electron chi connectivity index (χ0n) is 14.1. The molecule has 6 nitrogen and oxygen atoms in total. The van der Waals surface area contributed by atoms with Gasteiger partial charge in [-0.25, -0.2) is 0 Å². The first-order valence-corrected chi connectivity index (χ1v) is 8.86. The molecule has 4 fully saturated rings. The molecule has 2 aliphatic carbocycles. The molecule has 25 heavy (non-hydrogen) atoms. The van der Waals surface area contributed by atoms with Crippen molar-refractivity contribution in [3.8, 4) is 0 Å². The summed E-state index contributed by atoms with van der Waals surface area (Å²) in [5.41, 5.74) is 0.352. The van der Waals surface area contributed by atoms with Crippen LogP contribution in [0.25, 0.3) is 0 Å². The van der Waals surface area contributed by atoms with Crippen LogP contribution in [-0.4, -0.2) is 45.4 Å². The van der Waals surface area contributed by atoms with Gasteiger partial charge in [0.2, 0.25) is 0 Å². The van der Waals surface area contributed by atoms with Crippen molar-refractivity contribution in [3.63, 3.8) is 0 Å². The molecule has 0 radical (unpaired) electrons. The number of carbonyl (C=O) groups is 2. The molecule has 2 bridgehead atoms. The van der Waals surface area contributed by atoms with Crippen LogP contribution in [0.15, 0.2) is 24.3 Å². The Bertz CT molecular complexity index is 701. The number of hydrogen-bond acceptors (Lipinski definition) is 4. The summed E-state index contributed by atoms with van der Waals surface area (Å²) in [7, 11) is 0. The molecule has 0 atom stereocenters. The average Bonchev–Trinajstić information content (AvgIpc) is 2.99. The molecule has 134 valence electrons. The molecule has 2 saturated carbocycles. The fourth-order valence-corrected chi connectivity index (χ4v) is 4.74. The molecule has 0 aromatic heterocycles. The van der Waals surface area contributed by atoms with Crippen LogP contribution in [0.2, 0.25) is 0 Å². The second-order valence-electron chi connectivity index (χ2n) is 7.77. The Hall–Kier alpha value is -1.92. The normalized spacial score (nSPS) is 31.2. The smallest absolute Gasteiger partial charge is 0.303 e. The molecule has 2 aliphatic heterocycles. The largest absolute Gasteiger partial charge is 0.481 e. The maximum absolute atomic E-state index is 12.7. The number of benzene rings is 1. The molecule has 1 aromatic carbocycles. The van der Waals surface area contributed by atoms with Crippen molar-refractivity contribution in [2.45, 2.75) is 61.7 Å². The fourth-order valence-electron chi connectivity index (χ4n) is 4.74. The zero-order chi connectivity index (χ0) is 17.7. The van der Waals surface area contributed by atoms with Gasteiger partial charge in [-0.1, -0.05) is 12.1 Å². The van der Waals surface area contributed by atoms with Crippen LogP contribution in [0.1, 0.15) is 54.4 Å². The molecule has 3 N–H and O–H groups in total. The van der Waals surface area contributed by atoms with Crippen LogP contribution in [0.4, 0.5) is 0 Å². The van der Waals surface area contributed by atoms with Crippen LogP contribution in [-0.2, 0) is 16.0 Å². The van der Waals surface area contributed by atoms with E-state index in [1.807, 2.05) is 0 Å². The number of aliphatic hydroxyl groups is 1. The molecular formula is C19H23NO5. The Kier molecular flexibility index (Phi) is 3.67. The van der Waals surface area contributed by atoms with Crippen LogP contribution < -0.4 is 5.32 Å². The summed E-state index contributed by atoms with van der Waals surface area (Å²) in [4.78, 5) is 23.3. The number of aliphatic hydroxyl groups excluding tert-OH is 1. The minimum absolute atomic E-state index is 0.00461. The van der Waals surface area contributed by atoms with Crippen molar-refractivity contribution in [1.29, 1.82) is 0 Å². The number of nitrogens with one attached hydrogen (secondary N) is 1. The Morgan fingerprint density at radius 2 is 1.84 bits per heavy atom. The van der Waals surface area contributed by atoms with E-state index in [1.54, 1.807) is 24.3 Å². The van der Waals surface area contributed by atoms with E-state index >= 15 is 0 Å². The van der Waals surface area contributed by atoms with Gasteiger partial charge in [0.05, 0.1) is 23.3 Å². The maximum atomic E-state index is 12.7. The Balaban J connectivity index is 1.45. The highest BCUT2D eigenvalue weighted by Crippen LogP contribution is 2.66. The summed E-state index contributed by atoms with van der Waals surface area (Å²) in [5, 5.41) is 21.5. The van der Waals surface area contributed by atoms with E-state index in [9.17, 15) is 14.7 Å². The topological polar surface area (TPSA) is 95.9 Å². The first-order chi connectivity index (χ1) is 11.9. The first-order valence-electron chi connectivity index (χ1n) is 8.86. The maximum Gasteiger partial charge on any atom is 0.303 e. The van der Waals surface area contributed by atoms with Crippen LogP contribution in [0, 0.1) is 0 Å². The summed E-state index contributed by atoms with van der Waals surface area (Å²) in [5.74, 6) is -0.960. The number of carbonyl (C=O) groups excluding carboxylic acids is 1. The van der Waals surface area contributed by atoms with Gasteiger partial charge in [0.15, 0.2) is 0 Å². The number of carboxylic acids is 1. The summed E-state index contributed by atoms with van der Waals surface area (Å²) < 4.78 is 6.19. The molecule has 1 amide bonds. The van der Waals surface area contributed by atoms with Gasteiger partial charge in [-0.05, 0) is 43.4 Å². The predicted molar refractivity (Wildman–Crippen MR) is 89.3 cm³/mol. The van der Waals surface area contributed by atoms with Crippen molar-refractivity contribution in [3.05, 3.63) is 35.4 Å². The number of rotatable bonds is 6. The van der Waals surface area contributed by atoms with Crippen molar-refractivity contribution in [1.82, 2.24) is 5.32 Å². The van der Waals surface area contributed by atoms with Crippen molar-refractivity contribution >= 4 is 11.9 Å². The van der Waals surface area contributed by atoms with E-state index in [1.165, 1.54) is 0 Å². The second-order valence-corrected chi connectivity index (χ2v) is 7.77. The second kappa shape index (κ2) is 5.54. The highest BCUT2D eigenvalue weighted by atomic mass is 16.6. The molecule has 4 aliphatic rings. The molecule has 5 rings (SSSR count). The Morgan fingerprint density at radius 1 is 1.16 bits per heavy atom. The number of hydrogen-bond donors (Lipinski definition) is 3. The first kappa shape index (κ1) is 16.5. The Labute approximate surface area is 146 Å². The molecule has 0 unspecified atom stereocenters. The minimum Gasteiger partial charge on any atom is -0.481 e. The minimum atomic E-state index is -0.828.